The molecule has 3 rings (SSSR count). The van der Waals surface area contributed by atoms with Gasteiger partial charge in [0.1, 0.15) is 18.1 Å². The molecule has 0 bridgehead atoms. The molecule has 0 amide bonds. The van der Waals surface area contributed by atoms with Crippen LogP contribution >= 0.6 is 0 Å². The Morgan fingerprint density at radius 3 is 2.08 bits per heavy atom. The number of alkyl halides is 3. The summed E-state index contributed by atoms with van der Waals surface area (Å²) in [6, 6.07) is 21.8. The van der Waals surface area contributed by atoms with E-state index in [-0.39, 0.29) is 24.5 Å². The second-order valence-corrected chi connectivity index (χ2v) is 8.32. The van der Waals surface area contributed by atoms with Crippen molar-refractivity contribution >= 4 is 11.9 Å². The van der Waals surface area contributed by atoms with Gasteiger partial charge >= 0.3 is 18.1 Å². The highest BCUT2D eigenvalue weighted by atomic mass is 19.4. The van der Waals surface area contributed by atoms with E-state index < -0.39 is 29.8 Å². The summed E-state index contributed by atoms with van der Waals surface area (Å²) in [5.74, 6) is -2.83. The van der Waals surface area contributed by atoms with Crippen LogP contribution in [0.4, 0.5) is 13.2 Å². The number of benzene rings is 3. The van der Waals surface area contributed by atoms with E-state index in [9.17, 15) is 22.8 Å². The number of halogens is 3. The van der Waals surface area contributed by atoms with Crippen molar-refractivity contribution in [2.75, 3.05) is 6.61 Å². The highest BCUT2D eigenvalue weighted by molar-refractivity contribution is 5.82. The van der Waals surface area contributed by atoms with E-state index in [2.05, 4.69) is 0 Å². The van der Waals surface area contributed by atoms with Gasteiger partial charge in [0, 0.05) is 0 Å². The molecule has 0 aromatic heterocycles. The smallest absolute Gasteiger partial charge is 0.489 e. The van der Waals surface area contributed by atoms with Crippen molar-refractivity contribution < 1.29 is 41.7 Å². The first-order chi connectivity index (χ1) is 17.5. The fraction of sp³-hybridized carbons (Fsp3) is 0.286. The summed E-state index contributed by atoms with van der Waals surface area (Å²) in [5.41, 5.74) is -0.544. The van der Waals surface area contributed by atoms with Gasteiger partial charge in [-0.25, -0.2) is 9.59 Å². The van der Waals surface area contributed by atoms with Crippen molar-refractivity contribution in [2.24, 2.45) is 0 Å². The first-order valence-corrected chi connectivity index (χ1v) is 11.5. The maximum Gasteiger partial charge on any atom is 0.490 e. The van der Waals surface area contributed by atoms with Crippen molar-refractivity contribution in [3.05, 3.63) is 95.6 Å². The molecule has 2 atom stereocenters. The topological polar surface area (TPSA) is 71.1 Å². The van der Waals surface area contributed by atoms with Crippen molar-refractivity contribution in [1.82, 2.24) is 0 Å². The Hall–Kier alpha value is -4.01. The van der Waals surface area contributed by atoms with E-state index in [4.69, 9.17) is 18.9 Å². The zero-order valence-corrected chi connectivity index (χ0v) is 20.6. The molecule has 0 aliphatic rings. The summed E-state index contributed by atoms with van der Waals surface area (Å²) in [7, 11) is 0. The minimum absolute atomic E-state index is 0.0717. The summed E-state index contributed by atoms with van der Waals surface area (Å²) in [6.07, 6.45) is -7.10. The number of carbonyl (C=O) groups excluding carboxylic acids is 2. The number of esters is 2. The second kappa shape index (κ2) is 11.8. The van der Waals surface area contributed by atoms with Crippen LogP contribution in [-0.2, 0) is 25.7 Å². The Morgan fingerprint density at radius 1 is 0.865 bits per heavy atom. The Morgan fingerprint density at radius 2 is 1.49 bits per heavy atom. The van der Waals surface area contributed by atoms with Gasteiger partial charge in [-0.2, -0.15) is 13.2 Å². The Labute approximate surface area is 212 Å². The first-order valence-electron chi connectivity index (χ1n) is 11.5. The van der Waals surface area contributed by atoms with Gasteiger partial charge in [0.15, 0.2) is 6.10 Å². The van der Waals surface area contributed by atoms with Crippen LogP contribution in [-0.4, -0.2) is 30.3 Å². The fourth-order valence-corrected chi connectivity index (χ4v) is 3.53. The van der Waals surface area contributed by atoms with Crippen molar-refractivity contribution in [2.45, 2.75) is 45.3 Å². The van der Waals surface area contributed by atoms with Crippen LogP contribution in [0.3, 0.4) is 0 Å². The van der Waals surface area contributed by atoms with Gasteiger partial charge in [0.25, 0.3) is 0 Å². The van der Waals surface area contributed by atoms with Gasteiger partial charge < -0.3 is 18.9 Å². The molecule has 37 heavy (non-hydrogen) atoms. The molecule has 0 saturated carbocycles. The number of para-hydroxylation sites is 1. The Kier molecular flexibility index (Phi) is 8.81. The summed E-state index contributed by atoms with van der Waals surface area (Å²) >= 11 is 0. The molecule has 0 aliphatic carbocycles. The average Bonchev–Trinajstić information content (AvgIpc) is 2.87. The summed E-state index contributed by atoms with van der Waals surface area (Å²) in [4.78, 5) is 25.1. The minimum atomic E-state index is -5.30. The number of hydrogen-bond donors (Lipinski definition) is 0. The summed E-state index contributed by atoms with van der Waals surface area (Å²) in [5, 5.41) is 0. The van der Waals surface area contributed by atoms with Crippen LogP contribution in [0.2, 0.25) is 0 Å². The molecule has 3 aromatic rings. The van der Waals surface area contributed by atoms with Crippen molar-refractivity contribution in [3.63, 3.8) is 0 Å². The van der Waals surface area contributed by atoms with Gasteiger partial charge in [-0.1, -0.05) is 60.7 Å². The molecule has 0 fully saturated rings. The van der Waals surface area contributed by atoms with Crippen molar-refractivity contribution in [1.29, 1.82) is 0 Å². The van der Waals surface area contributed by atoms with E-state index in [0.717, 1.165) is 5.56 Å². The van der Waals surface area contributed by atoms with Crippen molar-refractivity contribution in [3.8, 4) is 11.5 Å². The monoisotopic (exact) mass is 516 g/mol. The lowest BCUT2D eigenvalue weighted by Gasteiger charge is -2.36. The average molecular weight is 517 g/mol. The highest BCUT2D eigenvalue weighted by Crippen LogP contribution is 2.38. The largest absolute Gasteiger partial charge is 0.490 e. The third-order valence-electron chi connectivity index (χ3n) is 5.48. The second-order valence-electron chi connectivity index (χ2n) is 8.32. The lowest BCUT2D eigenvalue weighted by atomic mass is 9.91. The molecule has 2 unspecified atom stereocenters. The molecule has 196 valence electrons. The van der Waals surface area contributed by atoms with E-state index in [1.165, 1.54) is 31.2 Å². The molecule has 0 radical (unpaired) electrons. The third-order valence-corrected chi connectivity index (χ3v) is 5.48. The van der Waals surface area contributed by atoms with E-state index in [1.54, 1.807) is 38.1 Å². The van der Waals surface area contributed by atoms with Crippen LogP contribution in [0.1, 0.15) is 36.6 Å². The van der Waals surface area contributed by atoms with E-state index >= 15 is 0 Å². The maximum atomic E-state index is 13.2. The first kappa shape index (κ1) is 27.6. The number of rotatable bonds is 10. The predicted molar refractivity (Wildman–Crippen MR) is 129 cm³/mol. The molecular formula is C28H27F3O6. The van der Waals surface area contributed by atoms with Crippen LogP contribution in [0.5, 0.6) is 11.5 Å². The van der Waals surface area contributed by atoms with Crippen LogP contribution in [0.15, 0.2) is 78.9 Å². The number of ether oxygens (including phenoxy) is 4. The Bertz CT molecular complexity index is 1190. The lowest BCUT2D eigenvalue weighted by Crippen LogP contribution is -2.50. The van der Waals surface area contributed by atoms with Crippen LogP contribution in [0, 0.1) is 6.92 Å². The van der Waals surface area contributed by atoms with Gasteiger partial charge in [-0.15, -0.1) is 0 Å². The number of aryl methyl sites for hydroxylation is 1. The predicted octanol–water partition coefficient (Wildman–Crippen LogP) is 6.12. The zero-order chi connectivity index (χ0) is 27.1. The molecule has 0 N–H and O–H groups in total. The molecule has 6 nitrogen and oxygen atoms in total. The molecule has 0 spiro atoms. The quantitative estimate of drug-likeness (QED) is 0.302. The van der Waals surface area contributed by atoms with E-state index in [1.807, 2.05) is 30.3 Å². The van der Waals surface area contributed by atoms with Crippen LogP contribution < -0.4 is 9.47 Å². The maximum absolute atomic E-state index is 13.2. The van der Waals surface area contributed by atoms with Gasteiger partial charge in [-0.3, -0.25) is 0 Å². The van der Waals surface area contributed by atoms with Crippen LogP contribution in [0.25, 0.3) is 0 Å². The molecular weight excluding hydrogens is 489 g/mol. The fourth-order valence-electron chi connectivity index (χ4n) is 3.53. The molecule has 0 heterocycles. The van der Waals surface area contributed by atoms with Gasteiger partial charge in [-0.05, 0) is 55.7 Å². The SMILES string of the molecule is CCOC(=O)C(C)(Oc1ccccc1C)C(OC(=O)C(F)(F)F)c1ccc(OCc2ccccc2)cc1. The number of hydrogen-bond acceptors (Lipinski definition) is 6. The standard InChI is InChI=1S/C28H27F3O6/c1-4-34-25(32)27(3,37-23-13-9-8-10-19(23)2)24(36-26(33)28(29,30)31)21-14-16-22(17-15-21)35-18-20-11-6-5-7-12-20/h5-17,24H,4,18H2,1-3H3. The molecule has 0 saturated heterocycles. The highest BCUT2D eigenvalue weighted by Gasteiger charge is 2.52. The molecule has 0 aliphatic heterocycles. The normalized spacial score (nSPS) is 13.7. The lowest BCUT2D eigenvalue weighted by molar-refractivity contribution is -0.216. The minimum Gasteiger partial charge on any atom is -0.489 e. The van der Waals surface area contributed by atoms with Gasteiger partial charge in [0.2, 0.25) is 5.60 Å². The molecule has 3 aromatic carbocycles. The third kappa shape index (κ3) is 7.03. The summed E-state index contributed by atoms with van der Waals surface area (Å²) in [6.45, 7) is 4.67. The van der Waals surface area contributed by atoms with E-state index in [0.29, 0.717) is 11.3 Å². The van der Waals surface area contributed by atoms with Gasteiger partial charge in [0.05, 0.1) is 6.61 Å². The summed E-state index contributed by atoms with van der Waals surface area (Å²) < 4.78 is 61.4. The Balaban J connectivity index is 1.99. The zero-order valence-electron chi connectivity index (χ0n) is 20.6. The molecule has 9 heteroatoms. The number of carbonyl (C=O) groups is 2.